The van der Waals surface area contributed by atoms with Gasteiger partial charge in [0.1, 0.15) is 5.82 Å². The number of rotatable bonds is 7. The van der Waals surface area contributed by atoms with Crippen molar-refractivity contribution in [3.05, 3.63) is 11.8 Å². The van der Waals surface area contributed by atoms with Crippen LogP contribution in [0.3, 0.4) is 0 Å². The number of hydrogen-bond donors (Lipinski definition) is 2. The van der Waals surface area contributed by atoms with E-state index in [0.29, 0.717) is 16.7 Å². The average Bonchev–Trinajstić information content (AvgIpc) is 2.31. The fourth-order valence-corrected chi connectivity index (χ4v) is 2.15. The second kappa shape index (κ2) is 7.92. The third-order valence-corrected chi connectivity index (χ3v) is 3.14. The van der Waals surface area contributed by atoms with Gasteiger partial charge in [-0.25, -0.2) is 9.97 Å². The lowest BCUT2D eigenvalue weighted by atomic mass is 10.2. The van der Waals surface area contributed by atoms with Gasteiger partial charge in [0, 0.05) is 18.3 Å². The van der Waals surface area contributed by atoms with Crippen LogP contribution in [0.25, 0.3) is 0 Å². The van der Waals surface area contributed by atoms with Gasteiger partial charge in [-0.15, -0.1) is 0 Å². The molecule has 3 N–H and O–H groups in total. The van der Waals surface area contributed by atoms with E-state index >= 15 is 0 Å². The molecule has 18 heavy (non-hydrogen) atoms. The van der Waals surface area contributed by atoms with E-state index < -0.39 is 0 Å². The molecule has 0 aliphatic rings. The largest absolute Gasteiger partial charge is 0.384 e. The van der Waals surface area contributed by atoms with Crippen molar-refractivity contribution in [2.75, 3.05) is 18.0 Å². The number of hydrogen-bond acceptors (Lipinski definition) is 5. The first kappa shape index (κ1) is 14.8. The zero-order chi connectivity index (χ0) is 13.4. The van der Waals surface area contributed by atoms with Gasteiger partial charge in [0.15, 0.2) is 5.16 Å². The molecule has 1 aromatic heterocycles. The Bertz CT molecular complexity index is 377. The van der Waals surface area contributed by atoms with E-state index in [2.05, 4.69) is 22.2 Å². The molecular weight excluding hydrogens is 248 g/mol. The third kappa shape index (κ3) is 5.86. The SMILES string of the molecule is CCCCCNC(=O)CSc1nc(C)cc(N)n1. The highest BCUT2D eigenvalue weighted by molar-refractivity contribution is 7.99. The van der Waals surface area contributed by atoms with E-state index in [0.717, 1.165) is 31.5 Å². The molecule has 1 heterocycles. The lowest BCUT2D eigenvalue weighted by Gasteiger charge is -2.04. The Morgan fingerprint density at radius 1 is 1.44 bits per heavy atom. The molecule has 5 nitrogen and oxygen atoms in total. The minimum absolute atomic E-state index is 0.0137. The summed E-state index contributed by atoms with van der Waals surface area (Å²) in [6.45, 7) is 4.73. The minimum Gasteiger partial charge on any atom is -0.384 e. The molecule has 100 valence electrons. The fraction of sp³-hybridized carbons (Fsp3) is 0.583. The molecule has 0 bridgehead atoms. The lowest BCUT2D eigenvalue weighted by molar-refractivity contribution is -0.118. The molecule has 0 aliphatic heterocycles. The Morgan fingerprint density at radius 2 is 2.22 bits per heavy atom. The summed E-state index contributed by atoms with van der Waals surface area (Å²) in [5.41, 5.74) is 6.43. The Labute approximate surface area is 112 Å². The van der Waals surface area contributed by atoms with E-state index in [-0.39, 0.29) is 5.91 Å². The van der Waals surface area contributed by atoms with E-state index in [9.17, 15) is 4.79 Å². The second-order valence-corrected chi connectivity index (χ2v) is 5.00. The Kier molecular flexibility index (Phi) is 6.49. The Balaban J connectivity index is 2.29. The molecule has 0 aromatic carbocycles. The summed E-state index contributed by atoms with van der Waals surface area (Å²) < 4.78 is 0. The zero-order valence-electron chi connectivity index (χ0n) is 10.9. The number of thioether (sulfide) groups is 1. The van der Waals surface area contributed by atoms with Gasteiger partial charge >= 0.3 is 0 Å². The van der Waals surface area contributed by atoms with Crippen molar-refractivity contribution in [3.63, 3.8) is 0 Å². The molecule has 0 atom stereocenters. The van der Waals surface area contributed by atoms with Gasteiger partial charge in [0.25, 0.3) is 0 Å². The van der Waals surface area contributed by atoms with Gasteiger partial charge < -0.3 is 11.1 Å². The molecule has 0 spiro atoms. The second-order valence-electron chi connectivity index (χ2n) is 4.06. The topological polar surface area (TPSA) is 80.9 Å². The van der Waals surface area contributed by atoms with Gasteiger partial charge in [0.05, 0.1) is 5.75 Å². The van der Waals surface area contributed by atoms with Crippen molar-refractivity contribution in [1.29, 1.82) is 0 Å². The van der Waals surface area contributed by atoms with Crippen LogP contribution in [0.4, 0.5) is 5.82 Å². The fourth-order valence-electron chi connectivity index (χ4n) is 1.41. The van der Waals surface area contributed by atoms with Crippen LogP contribution in [-0.2, 0) is 4.79 Å². The first-order chi connectivity index (χ1) is 8.61. The highest BCUT2D eigenvalue weighted by atomic mass is 32.2. The highest BCUT2D eigenvalue weighted by Crippen LogP contribution is 2.14. The van der Waals surface area contributed by atoms with E-state index in [4.69, 9.17) is 5.73 Å². The molecule has 0 fully saturated rings. The highest BCUT2D eigenvalue weighted by Gasteiger charge is 2.05. The van der Waals surface area contributed by atoms with Crippen LogP contribution in [0.15, 0.2) is 11.2 Å². The van der Waals surface area contributed by atoms with Crippen LogP contribution >= 0.6 is 11.8 Å². The number of unbranched alkanes of at least 4 members (excludes halogenated alkanes) is 2. The monoisotopic (exact) mass is 268 g/mol. The average molecular weight is 268 g/mol. The summed E-state index contributed by atoms with van der Waals surface area (Å²) in [6, 6.07) is 1.70. The van der Waals surface area contributed by atoms with Crippen molar-refractivity contribution in [3.8, 4) is 0 Å². The van der Waals surface area contributed by atoms with Crippen molar-refractivity contribution >= 4 is 23.5 Å². The molecule has 1 rings (SSSR count). The Morgan fingerprint density at radius 3 is 2.89 bits per heavy atom. The standard InChI is InChI=1S/C12H20N4OS/c1-3-4-5-6-14-11(17)8-18-12-15-9(2)7-10(13)16-12/h7H,3-6,8H2,1-2H3,(H,14,17)(H2,13,15,16). The molecule has 6 heteroatoms. The van der Waals surface area contributed by atoms with Crippen LogP contribution in [0.5, 0.6) is 0 Å². The van der Waals surface area contributed by atoms with Crippen molar-refractivity contribution in [2.24, 2.45) is 0 Å². The van der Waals surface area contributed by atoms with Gasteiger partial charge in [-0.05, 0) is 13.3 Å². The number of amides is 1. The first-order valence-corrected chi connectivity index (χ1v) is 7.11. The van der Waals surface area contributed by atoms with Gasteiger partial charge in [-0.3, -0.25) is 4.79 Å². The number of aromatic nitrogens is 2. The number of nitrogens with one attached hydrogen (secondary N) is 1. The smallest absolute Gasteiger partial charge is 0.230 e. The molecule has 0 unspecified atom stereocenters. The summed E-state index contributed by atoms with van der Waals surface area (Å²) in [5.74, 6) is 0.780. The Hall–Kier alpha value is -1.30. The quantitative estimate of drug-likeness (QED) is 0.447. The summed E-state index contributed by atoms with van der Waals surface area (Å²) in [5, 5.41) is 3.42. The summed E-state index contributed by atoms with van der Waals surface area (Å²) >= 11 is 1.31. The van der Waals surface area contributed by atoms with Crippen molar-refractivity contribution < 1.29 is 4.79 Å². The predicted molar refractivity (Wildman–Crippen MR) is 74.4 cm³/mol. The molecule has 0 saturated carbocycles. The summed E-state index contributed by atoms with van der Waals surface area (Å²) in [6.07, 6.45) is 3.33. The molecule has 1 aromatic rings. The predicted octanol–water partition coefficient (Wildman–Crippen LogP) is 1.77. The van der Waals surface area contributed by atoms with Crippen molar-refractivity contribution in [1.82, 2.24) is 15.3 Å². The maximum Gasteiger partial charge on any atom is 0.230 e. The molecule has 1 amide bonds. The maximum absolute atomic E-state index is 11.5. The van der Waals surface area contributed by atoms with Gasteiger partial charge in [-0.2, -0.15) is 0 Å². The first-order valence-electron chi connectivity index (χ1n) is 6.12. The maximum atomic E-state index is 11.5. The number of carbonyl (C=O) groups excluding carboxylic acids is 1. The number of nitrogen functional groups attached to an aromatic ring is 1. The lowest BCUT2D eigenvalue weighted by Crippen LogP contribution is -2.26. The number of anilines is 1. The van der Waals surface area contributed by atoms with E-state index in [1.807, 2.05) is 6.92 Å². The minimum atomic E-state index is 0.0137. The summed E-state index contributed by atoms with van der Waals surface area (Å²) in [7, 11) is 0. The van der Waals surface area contributed by atoms with Crippen LogP contribution in [0.1, 0.15) is 31.9 Å². The van der Waals surface area contributed by atoms with Gasteiger partial charge in [-0.1, -0.05) is 31.5 Å². The van der Waals surface area contributed by atoms with Crippen LogP contribution in [0, 0.1) is 6.92 Å². The molecular formula is C12H20N4OS. The summed E-state index contributed by atoms with van der Waals surface area (Å²) in [4.78, 5) is 19.8. The molecule has 0 radical (unpaired) electrons. The normalized spacial score (nSPS) is 10.3. The van der Waals surface area contributed by atoms with E-state index in [1.165, 1.54) is 11.8 Å². The van der Waals surface area contributed by atoms with Crippen LogP contribution in [0.2, 0.25) is 0 Å². The number of carbonyl (C=O) groups is 1. The number of nitrogens with zero attached hydrogens (tertiary/aromatic N) is 2. The zero-order valence-corrected chi connectivity index (χ0v) is 11.7. The van der Waals surface area contributed by atoms with Crippen LogP contribution < -0.4 is 11.1 Å². The molecule has 0 aliphatic carbocycles. The number of nitrogens with two attached hydrogens (primary N) is 1. The van der Waals surface area contributed by atoms with Crippen LogP contribution in [-0.4, -0.2) is 28.2 Å². The molecule has 0 saturated heterocycles. The number of aryl methyl sites for hydroxylation is 1. The third-order valence-electron chi connectivity index (χ3n) is 2.29. The van der Waals surface area contributed by atoms with E-state index in [1.54, 1.807) is 6.07 Å². The van der Waals surface area contributed by atoms with Gasteiger partial charge in [0.2, 0.25) is 5.91 Å². The van der Waals surface area contributed by atoms with Crippen molar-refractivity contribution in [2.45, 2.75) is 38.3 Å².